The summed E-state index contributed by atoms with van der Waals surface area (Å²) < 4.78 is 5.28. The van der Waals surface area contributed by atoms with Crippen LogP contribution in [-0.4, -0.2) is 44.8 Å². The van der Waals surface area contributed by atoms with Gasteiger partial charge in [0.1, 0.15) is 14.2 Å². The molecule has 0 heterocycles. The minimum Gasteiger partial charge on any atom is -0.372 e. The Kier molecular flexibility index (Phi) is 9.44. The summed E-state index contributed by atoms with van der Waals surface area (Å²) in [6.07, 6.45) is 7.00. The fraction of sp³-hybridized carbons (Fsp3) is 0.667. The van der Waals surface area contributed by atoms with Crippen molar-refractivity contribution in [3.8, 4) is 0 Å². The van der Waals surface area contributed by atoms with Gasteiger partial charge in [0.25, 0.3) is 5.91 Å². The zero-order chi connectivity index (χ0) is 18.9. The van der Waals surface area contributed by atoms with Crippen LogP contribution in [0.4, 0.5) is 0 Å². The Bertz CT molecular complexity index is 504. The number of methoxy groups -OCH3 is 1. The molecule has 0 aliphatic rings. The van der Waals surface area contributed by atoms with Crippen LogP contribution in [0.5, 0.6) is 0 Å². The first-order valence-electron chi connectivity index (χ1n) is 9.71. The standard InChI is InChI=1S/C21H37NO2Si/c1-7-8-9-10-14-17-20(22(3)21(23)18(2)24-4)25(5,6)19-15-12-11-13-16-19/h11-13,15-16,18,20H,7-10,14,17H2,1-6H3. The van der Waals surface area contributed by atoms with Gasteiger partial charge in [-0.1, -0.05) is 87.6 Å². The van der Waals surface area contributed by atoms with Crippen LogP contribution in [-0.2, 0) is 9.53 Å². The molecular weight excluding hydrogens is 326 g/mol. The van der Waals surface area contributed by atoms with Crippen molar-refractivity contribution in [1.82, 2.24) is 4.90 Å². The van der Waals surface area contributed by atoms with Crippen LogP contribution >= 0.6 is 0 Å². The van der Waals surface area contributed by atoms with Crippen molar-refractivity contribution in [2.24, 2.45) is 0 Å². The van der Waals surface area contributed by atoms with E-state index in [2.05, 4.69) is 50.3 Å². The Morgan fingerprint density at radius 1 is 1.12 bits per heavy atom. The third-order valence-electron chi connectivity index (χ3n) is 5.45. The second-order valence-corrected chi connectivity index (χ2v) is 12.3. The van der Waals surface area contributed by atoms with Crippen LogP contribution in [0.3, 0.4) is 0 Å². The molecular formula is C21H37NO2Si. The third-order valence-corrected chi connectivity index (χ3v) is 9.61. The van der Waals surface area contributed by atoms with Gasteiger partial charge >= 0.3 is 0 Å². The Labute approximate surface area is 155 Å². The molecule has 0 aliphatic carbocycles. The molecule has 0 saturated carbocycles. The largest absolute Gasteiger partial charge is 0.372 e. The van der Waals surface area contributed by atoms with Crippen molar-refractivity contribution in [2.75, 3.05) is 14.2 Å². The molecule has 2 unspecified atom stereocenters. The normalized spacial score (nSPS) is 14.2. The topological polar surface area (TPSA) is 29.5 Å². The molecule has 1 amide bonds. The summed E-state index contributed by atoms with van der Waals surface area (Å²) in [5, 5.41) is 1.42. The second-order valence-electron chi connectivity index (χ2n) is 7.63. The molecule has 2 atom stereocenters. The first kappa shape index (κ1) is 21.9. The molecule has 0 radical (unpaired) electrons. The van der Waals surface area contributed by atoms with Gasteiger partial charge in [-0.25, -0.2) is 0 Å². The first-order chi connectivity index (χ1) is 11.9. The molecule has 3 nitrogen and oxygen atoms in total. The zero-order valence-electron chi connectivity index (χ0n) is 17.0. The van der Waals surface area contributed by atoms with Gasteiger partial charge < -0.3 is 9.64 Å². The first-order valence-corrected chi connectivity index (χ1v) is 12.8. The molecule has 25 heavy (non-hydrogen) atoms. The van der Waals surface area contributed by atoms with Gasteiger partial charge in [0.2, 0.25) is 0 Å². The van der Waals surface area contributed by atoms with E-state index in [0.29, 0.717) is 5.67 Å². The predicted molar refractivity (Wildman–Crippen MR) is 110 cm³/mol. The summed E-state index contributed by atoms with van der Waals surface area (Å²) in [7, 11) is 1.76. The molecule has 0 N–H and O–H groups in total. The minimum atomic E-state index is -1.81. The van der Waals surface area contributed by atoms with Crippen LogP contribution in [0.25, 0.3) is 0 Å². The van der Waals surface area contributed by atoms with Gasteiger partial charge in [0, 0.05) is 19.8 Å². The molecule has 4 heteroatoms. The molecule has 0 spiro atoms. The molecule has 1 aromatic carbocycles. The number of hydrogen-bond acceptors (Lipinski definition) is 2. The predicted octanol–water partition coefficient (Wildman–Crippen LogP) is 4.36. The quantitative estimate of drug-likeness (QED) is 0.432. The van der Waals surface area contributed by atoms with Gasteiger partial charge in [0.15, 0.2) is 0 Å². The molecule has 0 aliphatic heterocycles. The van der Waals surface area contributed by atoms with E-state index in [1.807, 2.05) is 18.9 Å². The van der Waals surface area contributed by atoms with E-state index in [1.165, 1.54) is 37.3 Å². The fourth-order valence-electron chi connectivity index (χ4n) is 3.58. The van der Waals surface area contributed by atoms with Gasteiger partial charge in [0.05, 0.1) is 0 Å². The van der Waals surface area contributed by atoms with Crippen molar-refractivity contribution in [3.05, 3.63) is 30.3 Å². The Balaban J connectivity index is 2.95. The maximum Gasteiger partial charge on any atom is 0.251 e. The van der Waals surface area contributed by atoms with E-state index in [1.54, 1.807) is 7.11 Å². The fourth-order valence-corrected chi connectivity index (χ4v) is 7.04. The lowest BCUT2D eigenvalue weighted by atomic mass is 10.1. The van der Waals surface area contributed by atoms with Crippen molar-refractivity contribution < 1.29 is 9.53 Å². The van der Waals surface area contributed by atoms with Gasteiger partial charge in [-0.2, -0.15) is 0 Å². The number of nitrogens with zero attached hydrogens (tertiary/aromatic N) is 1. The van der Waals surface area contributed by atoms with E-state index < -0.39 is 8.07 Å². The molecule has 0 saturated heterocycles. The van der Waals surface area contributed by atoms with Crippen LogP contribution in [0.1, 0.15) is 52.4 Å². The Hall–Kier alpha value is -1.13. The average Bonchev–Trinajstić information content (AvgIpc) is 2.63. The number of rotatable bonds is 11. The number of carbonyl (C=O) groups is 1. The zero-order valence-corrected chi connectivity index (χ0v) is 18.0. The maximum absolute atomic E-state index is 12.8. The van der Waals surface area contributed by atoms with E-state index in [0.717, 1.165) is 6.42 Å². The van der Waals surface area contributed by atoms with Crippen molar-refractivity contribution >= 4 is 19.2 Å². The van der Waals surface area contributed by atoms with Crippen LogP contribution in [0.15, 0.2) is 30.3 Å². The molecule has 0 bridgehead atoms. The van der Waals surface area contributed by atoms with E-state index >= 15 is 0 Å². The number of hydrogen-bond donors (Lipinski definition) is 0. The van der Waals surface area contributed by atoms with Gasteiger partial charge in [-0.3, -0.25) is 4.79 Å². The monoisotopic (exact) mass is 363 g/mol. The van der Waals surface area contributed by atoms with Gasteiger partial charge in [-0.15, -0.1) is 0 Å². The summed E-state index contributed by atoms with van der Waals surface area (Å²) in [4.78, 5) is 14.7. The number of likely N-dealkylation sites (N-methyl/N-ethyl adjacent to an activating group) is 1. The lowest BCUT2D eigenvalue weighted by molar-refractivity contribution is -0.140. The summed E-state index contributed by atoms with van der Waals surface area (Å²) in [6, 6.07) is 10.8. The second kappa shape index (κ2) is 10.8. The number of benzene rings is 1. The Morgan fingerprint density at radius 2 is 1.72 bits per heavy atom. The molecule has 1 aromatic rings. The molecule has 0 aromatic heterocycles. The van der Waals surface area contributed by atoms with E-state index in [-0.39, 0.29) is 12.0 Å². The van der Waals surface area contributed by atoms with Crippen LogP contribution in [0, 0.1) is 0 Å². The number of ether oxygens (including phenoxy) is 1. The van der Waals surface area contributed by atoms with Gasteiger partial charge in [-0.05, 0) is 13.3 Å². The lowest BCUT2D eigenvalue weighted by Crippen LogP contribution is -2.61. The summed E-state index contributed by atoms with van der Waals surface area (Å²) in [6.45, 7) is 8.86. The minimum absolute atomic E-state index is 0.0950. The Morgan fingerprint density at radius 3 is 2.28 bits per heavy atom. The average molecular weight is 364 g/mol. The smallest absolute Gasteiger partial charge is 0.251 e. The molecule has 0 fully saturated rings. The van der Waals surface area contributed by atoms with Crippen molar-refractivity contribution in [2.45, 2.75) is 77.2 Å². The highest BCUT2D eigenvalue weighted by atomic mass is 28.3. The molecule has 142 valence electrons. The highest BCUT2D eigenvalue weighted by Gasteiger charge is 2.38. The number of unbranched alkanes of at least 4 members (excludes halogenated alkanes) is 4. The summed E-state index contributed by atoms with van der Waals surface area (Å²) >= 11 is 0. The highest BCUT2D eigenvalue weighted by Crippen LogP contribution is 2.22. The number of carbonyl (C=O) groups excluding carboxylic acids is 1. The van der Waals surface area contributed by atoms with Crippen LogP contribution < -0.4 is 5.19 Å². The maximum atomic E-state index is 12.8. The summed E-state index contributed by atoms with van der Waals surface area (Å²) in [5.41, 5.74) is 0.293. The lowest BCUT2D eigenvalue weighted by Gasteiger charge is -2.40. The van der Waals surface area contributed by atoms with E-state index in [4.69, 9.17) is 4.74 Å². The summed E-state index contributed by atoms with van der Waals surface area (Å²) in [5.74, 6) is 0.0950. The van der Waals surface area contributed by atoms with Crippen LogP contribution in [0.2, 0.25) is 13.1 Å². The van der Waals surface area contributed by atoms with E-state index in [9.17, 15) is 4.79 Å². The highest BCUT2D eigenvalue weighted by molar-refractivity contribution is 6.91. The third kappa shape index (κ3) is 6.26. The van der Waals surface area contributed by atoms with Crippen molar-refractivity contribution in [3.63, 3.8) is 0 Å². The SMILES string of the molecule is CCCCCCCC(N(C)C(=O)C(C)OC)[Si](C)(C)c1ccccc1. The number of amides is 1. The van der Waals surface area contributed by atoms with Crippen molar-refractivity contribution in [1.29, 1.82) is 0 Å². The molecule has 1 rings (SSSR count).